The van der Waals surface area contributed by atoms with Gasteiger partial charge in [0, 0.05) is 13.2 Å². The number of hydrogen-bond acceptors (Lipinski definition) is 4. The molecule has 2 atom stereocenters. The van der Waals surface area contributed by atoms with Gasteiger partial charge in [0.15, 0.2) is 0 Å². The van der Waals surface area contributed by atoms with Crippen LogP contribution in [0, 0.1) is 5.92 Å². The maximum atomic E-state index is 10.9. The van der Waals surface area contributed by atoms with Gasteiger partial charge in [-0.25, -0.2) is 0 Å². The third-order valence-electron chi connectivity index (χ3n) is 1.98. The molecule has 0 fully saturated rings. The second-order valence-electron chi connectivity index (χ2n) is 3.39. The van der Waals surface area contributed by atoms with Crippen LogP contribution in [0.1, 0.15) is 20.3 Å². The van der Waals surface area contributed by atoms with Crippen LogP contribution in [0.5, 0.6) is 0 Å². The van der Waals surface area contributed by atoms with Crippen molar-refractivity contribution in [2.45, 2.75) is 32.4 Å². The Kier molecular flexibility index (Phi) is 5.66. The minimum atomic E-state index is -0.296. The second kappa shape index (κ2) is 5.94. The summed E-state index contributed by atoms with van der Waals surface area (Å²) in [6, 6.07) is -0.294. The Labute approximate surface area is 79.4 Å². The van der Waals surface area contributed by atoms with Crippen molar-refractivity contribution >= 4 is 5.97 Å². The van der Waals surface area contributed by atoms with Crippen LogP contribution >= 0.6 is 0 Å². The van der Waals surface area contributed by atoms with Crippen LogP contribution in [0.15, 0.2) is 0 Å². The number of esters is 1. The molecule has 0 saturated carbocycles. The summed E-state index contributed by atoms with van der Waals surface area (Å²) in [5.41, 5.74) is 5.78. The molecule has 0 amide bonds. The molecule has 0 aromatic rings. The maximum Gasteiger partial charge on any atom is 0.307 e. The average Bonchev–Trinajstić information content (AvgIpc) is 2.04. The van der Waals surface area contributed by atoms with E-state index in [-0.39, 0.29) is 24.5 Å². The van der Waals surface area contributed by atoms with Gasteiger partial charge < -0.3 is 15.2 Å². The Morgan fingerprint density at radius 2 is 1.92 bits per heavy atom. The Morgan fingerprint density at radius 3 is 2.23 bits per heavy atom. The Morgan fingerprint density at radius 1 is 1.38 bits per heavy atom. The zero-order chi connectivity index (χ0) is 10.4. The van der Waals surface area contributed by atoms with Gasteiger partial charge in [-0.05, 0) is 5.92 Å². The van der Waals surface area contributed by atoms with Gasteiger partial charge in [-0.1, -0.05) is 13.8 Å². The van der Waals surface area contributed by atoms with Crippen LogP contribution in [0.25, 0.3) is 0 Å². The van der Waals surface area contributed by atoms with E-state index in [4.69, 9.17) is 10.5 Å². The van der Waals surface area contributed by atoms with Gasteiger partial charge in [-0.3, -0.25) is 4.79 Å². The Hall–Kier alpha value is -0.610. The van der Waals surface area contributed by atoms with E-state index in [0.29, 0.717) is 5.92 Å². The fraction of sp³-hybridized carbons (Fsp3) is 0.889. The highest BCUT2D eigenvalue weighted by molar-refractivity contribution is 5.69. The number of carbonyl (C=O) groups excluding carboxylic acids is 1. The third kappa shape index (κ3) is 4.24. The van der Waals surface area contributed by atoms with Gasteiger partial charge >= 0.3 is 5.97 Å². The summed E-state index contributed by atoms with van der Waals surface area (Å²) in [6.07, 6.45) is 0.104. The number of methoxy groups -OCH3 is 2. The monoisotopic (exact) mass is 189 g/mol. The molecule has 0 bridgehead atoms. The van der Waals surface area contributed by atoms with Gasteiger partial charge in [-0.2, -0.15) is 0 Å². The van der Waals surface area contributed by atoms with Crippen LogP contribution in [-0.2, 0) is 14.3 Å². The molecule has 0 aliphatic carbocycles. The molecule has 0 aromatic carbocycles. The molecule has 0 spiro atoms. The fourth-order valence-corrected chi connectivity index (χ4v) is 1.33. The van der Waals surface area contributed by atoms with Gasteiger partial charge in [0.1, 0.15) is 0 Å². The molecule has 4 heteroatoms. The maximum absolute atomic E-state index is 10.9. The van der Waals surface area contributed by atoms with Crippen molar-refractivity contribution in [3.05, 3.63) is 0 Å². The van der Waals surface area contributed by atoms with Gasteiger partial charge in [0.2, 0.25) is 0 Å². The first-order chi connectivity index (χ1) is 6.02. The molecule has 2 N–H and O–H groups in total. The van der Waals surface area contributed by atoms with Crippen molar-refractivity contribution in [3.8, 4) is 0 Å². The van der Waals surface area contributed by atoms with E-state index in [1.165, 1.54) is 7.11 Å². The minimum Gasteiger partial charge on any atom is -0.469 e. The lowest BCUT2D eigenvalue weighted by atomic mass is 9.98. The summed E-state index contributed by atoms with van der Waals surface area (Å²) < 4.78 is 9.71. The second-order valence-corrected chi connectivity index (χ2v) is 3.39. The first-order valence-electron chi connectivity index (χ1n) is 4.38. The molecule has 0 saturated heterocycles. The summed E-state index contributed by atoms with van der Waals surface area (Å²) >= 11 is 0. The standard InChI is InChI=1S/C9H19NO3/c1-6(2)9(13-4)7(10)5-8(11)12-3/h6-7,9H,5,10H2,1-4H3. The molecular formula is C9H19NO3. The van der Waals surface area contributed by atoms with Gasteiger partial charge in [-0.15, -0.1) is 0 Å². The average molecular weight is 189 g/mol. The number of carbonyl (C=O) groups is 1. The summed E-state index contributed by atoms with van der Waals surface area (Å²) in [7, 11) is 2.95. The van der Waals surface area contributed by atoms with Crippen molar-refractivity contribution < 1.29 is 14.3 Å². The van der Waals surface area contributed by atoms with Crippen LogP contribution in [0.3, 0.4) is 0 Å². The first-order valence-corrected chi connectivity index (χ1v) is 4.38. The topological polar surface area (TPSA) is 61.5 Å². The first kappa shape index (κ1) is 12.4. The highest BCUT2D eigenvalue weighted by Crippen LogP contribution is 2.11. The quantitative estimate of drug-likeness (QED) is 0.641. The molecule has 0 aliphatic rings. The molecule has 0 rings (SSSR count). The van der Waals surface area contributed by atoms with E-state index in [0.717, 1.165) is 0 Å². The summed E-state index contributed by atoms with van der Waals surface area (Å²) in [4.78, 5) is 10.9. The molecule has 0 aromatic heterocycles. The predicted octanol–water partition coefficient (Wildman–Crippen LogP) is 0.548. The van der Waals surface area contributed by atoms with Gasteiger partial charge in [0.05, 0.1) is 19.6 Å². The smallest absolute Gasteiger partial charge is 0.307 e. The molecule has 0 heterocycles. The molecule has 4 nitrogen and oxygen atoms in total. The van der Waals surface area contributed by atoms with Crippen LogP contribution in [-0.4, -0.2) is 32.3 Å². The molecular weight excluding hydrogens is 170 g/mol. The molecule has 0 aliphatic heterocycles. The highest BCUT2D eigenvalue weighted by Gasteiger charge is 2.23. The lowest BCUT2D eigenvalue weighted by Gasteiger charge is -2.24. The van der Waals surface area contributed by atoms with E-state index in [2.05, 4.69) is 4.74 Å². The van der Waals surface area contributed by atoms with Crippen LogP contribution < -0.4 is 5.73 Å². The minimum absolute atomic E-state index is 0.0981. The van der Waals surface area contributed by atoms with E-state index in [1.807, 2.05) is 13.8 Å². The van der Waals surface area contributed by atoms with Crippen LogP contribution in [0.4, 0.5) is 0 Å². The predicted molar refractivity (Wildman–Crippen MR) is 50.2 cm³/mol. The SMILES string of the molecule is COC(=O)CC(N)C(OC)C(C)C. The van der Waals surface area contributed by atoms with E-state index >= 15 is 0 Å². The number of nitrogens with two attached hydrogens (primary N) is 1. The lowest BCUT2D eigenvalue weighted by molar-refractivity contribution is -0.142. The van der Waals surface area contributed by atoms with Gasteiger partial charge in [0.25, 0.3) is 0 Å². The van der Waals surface area contributed by atoms with E-state index in [1.54, 1.807) is 7.11 Å². The molecule has 78 valence electrons. The van der Waals surface area contributed by atoms with Crippen LogP contribution in [0.2, 0.25) is 0 Å². The number of rotatable bonds is 5. The van der Waals surface area contributed by atoms with Crippen molar-refractivity contribution in [1.29, 1.82) is 0 Å². The number of ether oxygens (including phenoxy) is 2. The lowest BCUT2D eigenvalue weighted by Crippen LogP contribution is -2.41. The van der Waals surface area contributed by atoms with E-state index in [9.17, 15) is 4.79 Å². The van der Waals surface area contributed by atoms with Crippen molar-refractivity contribution in [1.82, 2.24) is 0 Å². The highest BCUT2D eigenvalue weighted by atomic mass is 16.5. The normalized spacial score (nSPS) is 15.5. The van der Waals surface area contributed by atoms with Crippen molar-refractivity contribution in [3.63, 3.8) is 0 Å². The zero-order valence-electron chi connectivity index (χ0n) is 8.74. The largest absolute Gasteiger partial charge is 0.469 e. The molecule has 0 radical (unpaired) electrons. The van der Waals surface area contributed by atoms with Crippen molar-refractivity contribution in [2.24, 2.45) is 11.7 Å². The number of hydrogen-bond donors (Lipinski definition) is 1. The molecule has 2 unspecified atom stereocenters. The van der Waals surface area contributed by atoms with Crippen molar-refractivity contribution in [2.75, 3.05) is 14.2 Å². The fourth-order valence-electron chi connectivity index (χ4n) is 1.33. The van der Waals surface area contributed by atoms with E-state index < -0.39 is 0 Å². The Bertz CT molecular complexity index is 159. The third-order valence-corrected chi connectivity index (χ3v) is 1.98. The molecule has 13 heavy (non-hydrogen) atoms. The zero-order valence-corrected chi connectivity index (χ0v) is 8.74. The Balaban J connectivity index is 4.05. The summed E-state index contributed by atoms with van der Waals surface area (Å²) in [5.74, 6) is -0.000133. The summed E-state index contributed by atoms with van der Waals surface area (Å²) in [6.45, 7) is 4.01. The summed E-state index contributed by atoms with van der Waals surface area (Å²) in [5, 5.41) is 0.